The van der Waals surface area contributed by atoms with Crippen molar-refractivity contribution in [1.29, 1.82) is 0 Å². The quantitative estimate of drug-likeness (QED) is 0.616. The van der Waals surface area contributed by atoms with Gasteiger partial charge in [0, 0.05) is 20.1 Å². The minimum absolute atomic E-state index is 0.0137. The molecule has 1 amide bonds. The average Bonchev–Trinajstić information content (AvgIpc) is 2.75. The summed E-state index contributed by atoms with van der Waals surface area (Å²) in [4.78, 5) is 10.8. The SMILES string of the molecule is CC(=O)Nc1nnc(S(=O)(=O)NCC(C)(C)CCO)s1. The molecule has 0 spiro atoms. The van der Waals surface area contributed by atoms with Crippen LogP contribution in [0.2, 0.25) is 0 Å². The van der Waals surface area contributed by atoms with Gasteiger partial charge < -0.3 is 10.4 Å². The third-order valence-corrected chi connectivity index (χ3v) is 5.06. The first kappa shape index (κ1) is 17.0. The van der Waals surface area contributed by atoms with E-state index in [0.717, 1.165) is 11.3 Å². The molecule has 3 N–H and O–H groups in total. The fourth-order valence-electron chi connectivity index (χ4n) is 1.26. The number of nitrogens with one attached hydrogen (secondary N) is 2. The van der Waals surface area contributed by atoms with Crippen molar-refractivity contribution in [3.05, 3.63) is 0 Å². The Labute approximate surface area is 121 Å². The molecule has 1 heterocycles. The molecule has 0 fully saturated rings. The Morgan fingerprint density at radius 1 is 1.40 bits per heavy atom. The molecule has 0 unspecified atom stereocenters. The van der Waals surface area contributed by atoms with Crippen LogP contribution >= 0.6 is 11.3 Å². The zero-order valence-corrected chi connectivity index (χ0v) is 13.1. The van der Waals surface area contributed by atoms with Crippen LogP contribution in [0.25, 0.3) is 0 Å². The molecule has 0 aliphatic rings. The standard InChI is InChI=1S/C10H18N4O4S2/c1-7(16)12-8-13-14-9(19-8)20(17,18)11-6-10(2,3)4-5-15/h11,15H,4-6H2,1-3H3,(H,12,13,16). The van der Waals surface area contributed by atoms with Gasteiger partial charge in [0.2, 0.25) is 15.4 Å². The van der Waals surface area contributed by atoms with Crippen LogP contribution in [0.5, 0.6) is 0 Å². The molecule has 8 nitrogen and oxygen atoms in total. The third-order valence-electron chi connectivity index (χ3n) is 2.45. The van der Waals surface area contributed by atoms with Crippen molar-refractivity contribution in [3.8, 4) is 0 Å². The number of carbonyl (C=O) groups is 1. The van der Waals surface area contributed by atoms with Gasteiger partial charge in [0.1, 0.15) is 0 Å². The molecule has 10 heteroatoms. The van der Waals surface area contributed by atoms with Gasteiger partial charge >= 0.3 is 0 Å². The first-order valence-electron chi connectivity index (χ1n) is 5.88. The second-order valence-electron chi connectivity index (χ2n) is 5.02. The number of hydrogen-bond donors (Lipinski definition) is 3. The molecule has 0 saturated heterocycles. The topological polar surface area (TPSA) is 121 Å². The summed E-state index contributed by atoms with van der Waals surface area (Å²) in [6.45, 7) is 5.14. The Morgan fingerprint density at radius 3 is 2.60 bits per heavy atom. The number of aromatic nitrogens is 2. The van der Waals surface area contributed by atoms with Crippen LogP contribution in [0.3, 0.4) is 0 Å². The molecule has 0 saturated carbocycles. The molecular formula is C10H18N4O4S2. The maximum atomic E-state index is 12.0. The fourth-order valence-corrected chi connectivity index (χ4v) is 3.49. The lowest BCUT2D eigenvalue weighted by molar-refractivity contribution is -0.114. The van der Waals surface area contributed by atoms with E-state index >= 15 is 0 Å². The van der Waals surface area contributed by atoms with E-state index in [0.29, 0.717) is 6.42 Å². The van der Waals surface area contributed by atoms with Gasteiger partial charge in [-0.25, -0.2) is 13.1 Å². The molecule has 0 aliphatic heterocycles. The van der Waals surface area contributed by atoms with Gasteiger partial charge in [0.25, 0.3) is 10.0 Å². The van der Waals surface area contributed by atoms with E-state index in [-0.39, 0.29) is 33.9 Å². The molecular weight excluding hydrogens is 304 g/mol. The molecule has 0 aliphatic carbocycles. The van der Waals surface area contributed by atoms with Crippen molar-refractivity contribution >= 4 is 32.4 Å². The van der Waals surface area contributed by atoms with Gasteiger partial charge in [-0.15, -0.1) is 10.2 Å². The number of sulfonamides is 1. The number of amides is 1. The van der Waals surface area contributed by atoms with Gasteiger partial charge in [-0.2, -0.15) is 0 Å². The molecule has 1 aromatic rings. The van der Waals surface area contributed by atoms with Gasteiger partial charge in [-0.3, -0.25) is 4.79 Å². The molecule has 0 radical (unpaired) electrons. The summed E-state index contributed by atoms with van der Waals surface area (Å²) in [5.41, 5.74) is -0.368. The zero-order valence-electron chi connectivity index (χ0n) is 11.5. The summed E-state index contributed by atoms with van der Waals surface area (Å²) in [6.07, 6.45) is 0.475. The van der Waals surface area contributed by atoms with E-state index in [1.165, 1.54) is 6.92 Å². The van der Waals surface area contributed by atoms with E-state index in [2.05, 4.69) is 20.2 Å². The molecule has 0 aromatic carbocycles. The number of carbonyl (C=O) groups excluding carboxylic acids is 1. The highest BCUT2D eigenvalue weighted by atomic mass is 32.2. The average molecular weight is 322 g/mol. The first-order chi connectivity index (χ1) is 9.16. The minimum atomic E-state index is -3.76. The lowest BCUT2D eigenvalue weighted by atomic mass is 9.90. The van der Waals surface area contributed by atoms with Crippen molar-refractivity contribution in [3.63, 3.8) is 0 Å². The van der Waals surface area contributed by atoms with Crippen LogP contribution in [0.4, 0.5) is 5.13 Å². The number of anilines is 1. The highest BCUT2D eigenvalue weighted by molar-refractivity contribution is 7.91. The summed E-state index contributed by atoms with van der Waals surface area (Å²) in [7, 11) is -3.76. The summed E-state index contributed by atoms with van der Waals surface area (Å²) in [6, 6.07) is 0. The summed E-state index contributed by atoms with van der Waals surface area (Å²) >= 11 is 0.778. The van der Waals surface area contributed by atoms with Crippen LogP contribution in [-0.4, -0.2) is 42.8 Å². The van der Waals surface area contributed by atoms with E-state index < -0.39 is 10.0 Å². The molecule has 1 aromatic heterocycles. The number of aliphatic hydroxyl groups is 1. The smallest absolute Gasteiger partial charge is 0.269 e. The Kier molecular flexibility index (Phi) is 5.57. The maximum Gasteiger partial charge on any atom is 0.269 e. The second-order valence-corrected chi connectivity index (χ2v) is 7.93. The van der Waals surface area contributed by atoms with E-state index in [9.17, 15) is 13.2 Å². The molecule has 1 rings (SSSR count). The van der Waals surface area contributed by atoms with Crippen molar-refractivity contribution in [2.75, 3.05) is 18.5 Å². The number of hydrogen-bond acceptors (Lipinski definition) is 7. The number of aliphatic hydroxyl groups excluding tert-OH is 1. The van der Waals surface area contributed by atoms with Gasteiger partial charge in [-0.1, -0.05) is 25.2 Å². The lowest BCUT2D eigenvalue weighted by Gasteiger charge is -2.23. The Bertz CT molecular complexity index is 568. The Morgan fingerprint density at radius 2 is 2.05 bits per heavy atom. The van der Waals surface area contributed by atoms with Crippen LogP contribution in [0.1, 0.15) is 27.2 Å². The van der Waals surface area contributed by atoms with Crippen LogP contribution in [0, 0.1) is 5.41 Å². The van der Waals surface area contributed by atoms with E-state index in [1.54, 1.807) is 0 Å². The van der Waals surface area contributed by atoms with Crippen LogP contribution in [0.15, 0.2) is 4.34 Å². The van der Waals surface area contributed by atoms with Crippen molar-refractivity contribution in [2.24, 2.45) is 5.41 Å². The molecule has 20 heavy (non-hydrogen) atoms. The third kappa shape index (κ3) is 5.12. The lowest BCUT2D eigenvalue weighted by Crippen LogP contribution is -2.34. The molecule has 114 valence electrons. The highest BCUT2D eigenvalue weighted by Gasteiger charge is 2.25. The normalized spacial score (nSPS) is 12.4. The van der Waals surface area contributed by atoms with Crippen molar-refractivity contribution < 1.29 is 18.3 Å². The fraction of sp³-hybridized carbons (Fsp3) is 0.700. The van der Waals surface area contributed by atoms with Crippen LogP contribution in [-0.2, 0) is 14.8 Å². The highest BCUT2D eigenvalue weighted by Crippen LogP contribution is 2.22. The predicted molar refractivity (Wildman–Crippen MR) is 74.9 cm³/mol. The molecule has 0 atom stereocenters. The predicted octanol–water partition coefficient (Wildman–Crippen LogP) is 0.183. The molecule has 0 bridgehead atoms. The number of nitrogens with zero attached hydrogens (tertiary/aromatic N) is 2. The monoisotopic (exact) mass is 322 g/mol. The summed E-state index contributed by atoms with van der Waals surface area (Å²) in [5, 5.41) is 18.5. The van der Waals surface area contributed by atoms with Gasteiger partial charge in [0.15, 0.2) is 0 Å². The minimum Gasteiger partial charge on any atom is -0.396 e. The van der Waals surface area contributed by atoms with Crippen molar-refractivity contribution in [2.45, 2.75) is 31.5 Å². The first-order valence-corrected chi connectivity index (χ1v) is 8.18. The largest absolute Gasteiger partial charge is 0.396 e. The van der Waals surface area contributed by atoms with E-state index in [4.69, 9.17) is 5.11 Å². The van der Waals surface area contributed by atoms with Gasteiger partial charge in [-0.05, 0) is 11.8 Å². The van der Waals surface area contributed by atoms with Crippen LogP contribution < -0.4 is 10.0 Å². The summed E-state index contributed by atoms with van der Waals surface area (Å²) < 4.78 is 26.2. The maximum absolute atomic E-state index is 12.0. The summed E-state index contributed by atoms with van der Waals surface area (Å²) in [5.74, 6) is -0.345. The van der Waals surface area contributed by atoms with Gasteiger partial charge in [0.05, 0.1) is 0 Å². The zero-order chi connectivity index (χ0) is 15.4. The Hall–Kier alpha value is -1.10. The Balaban J connectivity index is 2.74. The second kappa shape index (κ2) is 6.57. The number of rotatable bonds is 7. The van der Waals surface area contributed by atoms with E-state index in [1.807, 2.05) is 13.8 Å². The van der Waals surface area contributed by atoms with Crippen molar-refractivity contribution in [1.82, 2.24) is 14.9 Å².